The second-order valence-corrected chi connectivity index (χ2v) is 6.10. The molecule has 8 nitrogen and oxygen atoms in total. The van der Waals surface area contributed by atoms with Gasteiger partial charge in [-0.15, -0.1) is 0 Å². The third-order valence-corrected chi connectivity index (χ3v) is 3.42. The maximum Gasteiger partial charge on any atom is 0.254 e. The van der Waals surface area contributed by atoms with Crippen LogP contribution in [0.1, 0.15) is 23.7 Å². The van der Waals surface area contributed by atoms with E-state index in [1.807, 2.05) is 26.2 Å². The van der Waals surface area contributed by atoms with E-state index < -0.39 is 0 Å². The molecule has 0 atom stereocenters. The van der Waals surface area contributed by atoms with Gasteiger partial charge in [0.25, 0.3) is 5.91 Å². The molecule has 1 heterocycles. The maximum atomic E-state index is 12.0. The third kappa shape index (κ3) is 6.48. The number of nitrogens with one attached hydrogen (secondary N) is 3. The van der Waals surface area contributed by atoms with Gasteiger partial charge in [-0.3, -0.25) is 9.59 Å². The van der Waals surface area contributed by atoms with Crippen LogP contribution in [0.15, 0.2) is 36.7 Å². The molecular weight excluding hydrogens is 332 g/mol. The Morgan fingerprint density at radius 3 is 2.46 bits per heavy atom. The number of aromatic nitrogens is 2. The number of hydrogen-bond donors (Lipinski definition) is 3. The Morgan fingerprint density at radius 1 is 1.12 bits per heavy atom. The molecule has 0 bridgehead atoms. The van der Waals surface area contributed by atoms with E-state index in [0.29, 0.717) is 23.7 Å². The molecule has 2 aromatic rings. The Bertz CT molecular complexity index is 746. The second-order valence-electron chi connectivity index (χ2n) is 6.10. The first kappa shape index (κ1) is 19.3. The van der Waals surface area contributed by atoms with Crippen LogP contribution in [0.3, 0.4) is 0 Å². The molecule has 8 heteroatoms. The van der Waals surface area contributed by atoms with Crippen molar-refractivity contribution in [1.82, 2.24) is 20.2 Å². The van der Waals surface area contributed by atoms with Crippen molar-refractivity contribution in [2.45, 2.75) is 13.3 Å². The summed E-state index contributed by atoms with van der Waals surface area (Å²) >= 11 is 0. The van der Waals surface area contributed by atoms with Crippen LogP contribution < -0.4 is 16.0 Å². The van der Waals surface area contributed by atoms with Gasteiger partial charge in [-0.1, -0.05) is 6.07 Å². The molecule has 26 heavy (non-hydrogen) atoms. The number of carbonyl (C=O) groups is 2. The van der Waals surface area contributed by atoms with Gasteiger partial charge in [-0.2, -0.15) is 0 Å². The van der Waals surface area contributed by atoms with E-state index in [-0.39, 0.29) is 11.8 Å². The fraction of sp³-hybridized carbons (Fsp3) is 0.333. The van der Waals surface area contributed by atoms with Gasteiger partial charge in [0.2, 0.25) is 11.9 Å². The monoisotopic (exact) mass is 356 g/mol. The minimum absolute atomic E-state index is 0.139. The van der Waals surface area contributed by atoms with Crippen LogP contribution in [0.4, 0.5) is 17.3 Å². The van der Waals surface area contributed by atoms with E-state index in [0.717, 1.165) is 18.7 Å². The summed E-state index contributed by atoms with van der Waals surface area (Å²) < 4.78 is 0. The number of anilines is 3. The summed E-state index contributed by atoms with van der Waals surface area (Å²) in [4.78, 5) is 33.5. The zero-order valence-electron chi connectivity index (χ0n) is 15.2. The Kier molecular flexibility index (Phi) is 7.04. The molecule has 0 saturated carbocycles. The minimum atomic E-state index is -0.192. The quantitative estimate of drug-likeness (QED) is 0.625. The summed E-state index contributed by atoms with van der Waals surface area (Å²) in [6.45, 7) is 2.97. The van der Waals surface area contributed by atoms with Crippen LogP contribution in [0.25, 0.3) is 0 Å². The lowest BCUT2D eigenvalue weighted by atomic mass is 10.2. The number of rotatable bonds is 8. The smallest absolute Gasteiger partial charge is 0.254 e. The summed E-state index contributed by atoms with van der Waals surface area (Å²) in [6.07, 6.45) is 3.84. The van der Waals surface area contributed by atoms with Gasteiger partial charge in [-0.25, -0.2) is 9.97 Å². The van der Waals surface area contributed by atoms with Gasteiger partial charge >= 0.3 is 0 Å². The SMILES string of the molecule is CC(=O)Nc1cccc(Nc2ncc(C(=O)NCCCN(C)C)cn2)c1. The summed E-state index contributed by atoms with van der Waals surface area (Å²) in [7, 11) is 3.99. The molecule has 0 fully saturated rings. The normalized spacial score (nSPS) is 10.5. The van der Waals surface area contributed by atoms with E-state index in [4.69, 9.17) is 0 Å². The molecule has 0 aliphatic rings. The first-order chi connectivity index (χ1) is 12.4. The standard InChI is InChI=1S/C18H24N6O2/c1-13(25)22-15-6-4-7-16(10-15)23-18-20-11-14(12-21-18)17(26)19-8-5-9-24(2)3/h4,6-7,10-12H,5,8-9H2,1-3H3,(H,19,26)(H,22,25)(H,20,21,23). The molecule has 0 saturated heterocycles. The highest BCUT2D eigenvalue weighted by molar-refractivity contribution is 5.93. The minimum Gasteiger partial charge on any atom is -0.352 e. The number of benzene rings is 1. The average Bonchev–Trinajstić information content (AvgIpc) is 2.59. The van der Waals surface area contributed by atoms with E-state index in [9.17, 15) is 9.59 Å². The fourth-order valence-electron chi connectivity index (χ4n) is 2.22. The predicted octanol–water partition coefficient (Wildman–Crippen LogP) is 1.86. The first-order valence-electron chi connectivity index (χ1n) is 8.33. The summed E-state index contributed by atoms with van der Waals surface area (Å²) in [5, 5.41) is 8.59. The zero-order valence-corrected chi connectivity index (χ0v) is 15.2. The zero-order chi connectivity index (χ0) is 18.9. The van der Waals surface area contributed by atoms with Crippen LogP contribution in [0, 0.1) is 0 Å². The number of carbonyl (C=O) groups excluding carboxylic acids is 2. The lowest BCUT2D eigenvalue weighted by molar-refractivity contribution is -0.114. The molecule has 0 spiro atoms. The highest BCUT2D eigenvalue weighted by atomic mass is 16.2. The Morgan fingerprint density at radius 2 is 1.81 bits per heavy atom. The maximum absolute atomic E-state index is 12.0. The summed E-state index contributed by atoms with van der Waals surface area (Å²) in [5.74, 6) is 0.0384. The van der Waals surface area contributed by atoms with Gasteiger partial charge in [0.15, 0.2) is 0 Å². The van der Waals surface area contributed by atoms with E-state index in [1.54, 1.807) is 12.1 Å². The van der Waals surface area contributed by atoms with Crippen molar-refractivity contribution in [2.75, 3.05) is 37.8 Å². The van der Waals surface area contributed by atoms with Crippen molar-refractivity contribution in [3.8, 4) is 0 Å². The van der Waals surface area contributed by atoms with Crippen molar-refractivity contribution < 1.29 is 9.59 Å². The fourth-order valence-corrected chi connectivity index (χ4v) is 2.22. The van der Waals surface area contributed by atoms with Gasteiger partial charge in [0.1, 0.15) is 0 Å². The first-order valence-corrected chi connectivity index (χ1v) is 8.33. The molecule has 3 N–H and O–H groups in total. The molecule has 2 rings (SSSR count). The van der Waals surface area contributed by atoms with Crippen molar-refractivity contribution in [1.29, 1.82) is 0 Å². The lowest BCUT2D eigenvalue weighted by Crippen LogP contribution is -2.27. The largest absolute Gasteiger partial charge is 0.352 e. The Hall–Kier alpha value is -3.00. The molecule has 0 aliphatic heterocycles. The molecule has 2 amide bonds. The van der Waals surface area contributed by atoms with E-state index in [2.05, 4.69) is 30.8 Å². The van der Waals surface area contributed by atoms with Crippen LogP contribution >= 0.6 is 0 Å². The average molecular weight is 356 g/mol. The molecule has 1 aromatic carbocycles. The molecular formula is C18H24N6O2. The van der Waals surface area contributed by atoms with Gasteiger partial charge in [0, 0.05) is 37.2 Å². The van der Waals surface area contributed by atoms with Crippen molar-refractivity contribution in [3.05, 3.63) is 42.2 Å². The highest BCUT2D eigenvalue weighted by Crippen LogP contribution is 2.17. The molecule has 138 valence electrons. The van der Waals surface area contributed by atoms with Crippen LogP contribution in [0.2, 0.25) is 0 Å². The van der Waals surface area contributed by atoms with Gasteiger partial charge < -0.3 is 20.9 Å². The van der Waals surface area contributed by atoms with Gasteiger partial charge in [-0.05, 0) is 45.3 Å². The number of amides is 2. The predicted molar refractivity (Wildman–Crippen MR) is 102 cm³/mol. The number of hydrogen-bond acceptors (Lipinski definition) is 6. The van der Waals surface area contributed by atoms with Crippen molar-refractivity contribution in [3.63, 3.8) is 0 Å². The summed E-state index contributed by atoms with van der Waals surface area (Å²) in [6, 6.07) is 7.20. The van der Waals surface area contributed by atoms with Crippen LogP contribution in [0.5, 0.6) is 0 Å². The highest BCUT2D eigenvalue weighted by Gasteiger charge is 2.07. The van der Waals surface area contributed by atoms with Crippen LogP contribution in [-0.2, 0) is 4.79 Å². The van der Waals surface area contributed by atoms with Gasteiger partial charge in [0.05, 0.1) is 5.56 Å². The number of nitrogens with zero attached hydrogens (tertiary/aromatic N) is 3. The lowest BCUT2D eigenvalue weighted by Gasteiger charge is -2.10. The topological polar surface area (TPSA) is 99.2 Å². The molecule has 0 unspecified atom stereocenters. The molecule has 1 aromatic heterocycles. The Balaban J connectivity index is 1.91. The second kappa shape index (κ2) is 9.47. The van der Waals surface area contributed by atoms with E-state index in [1.165, 1.54) is 19.3 Å². The van der Waals surface area contributed by atoms with Crippen LogP contribution in [-0.4, -0.2) is 53.9 Å². The Labute approximate surface area is 153 Å². The third-order valence-electron chi connectivity index (χ3n) is 3.42. The molecule has 0 radical (unpaired) electrons. The summed E-state index contributed by atoms with van der Waals surface area (Å²) in [5.41, 5.74) is 1.82. The van der Waals surface area contributed by atoms with Crippen molar-refractivity contribution >= 4 is 29.1 Å². The molecule has 0 aliphatic carbocycles. The van der Waals surface area contributed by atoms with E-state index >= 15 is 0 Å². The van der Waals surface area contributed by atoms with Crippen molar-refractivity contribution in [2.24, 2.45) is 0 Å².